The lowest BCUT2D eigenvalue weighted by Crippen LogP contribution is -2.35. The number of hydrogen-bond acceptors (Lipinski definition) is 1. The predicted molar refractivity (Wildman–Crippen MR) is 39.7 cm³/mol. The minimum atomic E-state index is 0.208. The number of carbonyl (C=O) groups excluding carboxylic acids is 1. The van der Waals surface area contributed by atoms with E-state index in [2.05, 4.69) is 0 Å². The van der Waals surface area contributed by atoms with Crippen molar-refractivity contribution in [2.45, 2.75) is 39.0 Å². The molecule has 1 heteroatoms. The van der Waals surface area contributed by atoms with Crippen molar-refractivity contribution in [2.75, 3.05) is 0 Å². The van der Waals surface area contributed by atoms with Crippen LogP contribution in [0.5, 0.6) is 0 Å². The van der Waals surface area contributed by atoms with E-state index in [4.69, 9.17) is 0 Å². The van der Waals surface area contributed by atoms with E-state index in [-0.39, 0.29) is 5.41 Å². The average molecular weight is 138 g/mol. The fraction of sp³-hybridized carbons (Fsp3) is 0.889. The third-order valence-corrected chi connectivity index (χ3v) is 3.30. The van der Waals surface area contributed by atoms with Crippen LogP contribution in [0.2, 0.25) is 0 Å². The Morgan fingerprint density at radius 1 is 1.60 bits per heavy atom. The molecular weight excluding hydrogens is 124 g/mol. The molecule has 10 heavy (non-hydrogen) atoms. The molecule has 0 saturated heterocycles. The Balaban J connectivity index is 2.10. The molecule has 0 aromatic heterocycles. The summed E-state index contributed by atoms with van der Waals surface area (Å²) in [4.78, 5) is 11.4. The van der Waals surface area contributed by atoms with Crippen molar-refractivity contribution >= 4 is 5.78 Å². The van der Waals surface area contributed by atoms with Crippen molar-refractivity contribution in [3.8, 4) is 0 Å². The van der Waals surface area contributed by atoms with Crippen LogP contribution in [0.1, 0.15) is 39.0 Å². The quantitative estimate of drug-likeness (QED) is 0.571. The van der Waals surface area contributed by atoms with Crippen LogP contribution in [0, 0.1) is 11.3 Å². The first-order chi connectivity index (χ1) is 4.77. The molecule has 2 bridgehead atoms. The summed E-state index contributed by atoms with van der Waals surface area (Å²) in [5.74, 6) is 1.46. The van der Waals surface area contributed by atoms with E-state index < -0.39 is 0 Å². The fourth-order valence-corrected chi connectivity index (χ4v) is 2.68. The lowest BCUT2D eigenvalue weighted by atomic mass is 9.66. The van der Waals surface area contributed by atoms with Gasteiger partial charge < -0.3 is 0 Å². The first-order valence-electron chi connectivity index (χ1n) is 4.30. The fourth-order valence-electron chi connectivity index (χ4n) is 2.68. The van der Waals surface area contributed by atoms with Gasteiger partial charge in [0.2, 0.25) is 0 Å². The molecule has 3 fully saturated rings. The van der Waals surface area contributed by atoms with Gasteiger partial charge in [-0.15, -0.1) is 0 Å². The molecule has 0 atom stereocenters. The summed E-state index contributed by atoms with van der Waals surface area (Å²) in [6.07, 6.45) is 5.72. The number of Topliss-reactive ketones (excluding diaryl/α,β-unsaturated/α-hetero) is 1. The molecule has 3 saturated carbocycles. The maximum Gasteiger partial charge on any atom is 0.138 e. The normalized spacial score (nSPS) is 43.1. The highest BCUT2D eigenvalue weighted by Crippen LogP contribution is 2.59. The van der Waals surface area contributed by atoms with Gasteiger partial charge in [0.25, 0.3) is 0 Å². The second-order valence-electron chi connectivity index (χ2n) is 3.87. The summed E-state index contributed by atoms with van der Waals surface area (Å²) in [6, 6.07) is 0. The summed E-state index contributed by atoms with van der Waals surface area (Å²) in [6.45, 7) is 1.99. The first-order valence-corrected chi connectivity index (χ1v) is 4.30. The topological polar surface area (TPSA) is 17.1 Å². The third kappa shape index (κ3) is 0.609. The van der Waals surface area contributed by atoms with E-state index >= 15 is 0 Å². The Morgan fingerprint density at radius 3 is 2.70 bits per heavy atom. The van der Waals surface area contributed by atoms with Crippen LogP contribution < -0.4 is 0 Å². The number of carbonyl (C=O) groups is 1. The van der Waals surface area contributed by atoms with Gasteiger partial charge in [0.1, 0.15) is 5.78 Å². The lowest BCUT2D eigenvalue weighted by molar-refractivity contribution is -0.132. The number of hydrogen-bond donors (Lipinski definition) is 0. The van der Waals surface area contributed by atoms with Crippen LogP contribution in [0.25, 0.3) is 0 Å². The number of rotatable bonds is 2. The zero-order chi connectivity index (χ0) is 7.19. The second-order valence-corrected chi connectivity index (χ2v) is 3.87. The van der Waals surface area contributed by atoms with E-state index in [9.17, 15) is 4.79 Å². The Morgan fingerprint density at radius 2 is 2.30 bits per heavy atom. The second kappa shape index (κ2) is 1.84. The molecule has 0 aromatic carbocycles. The molecular formula is C9H14O. The van der Waals surface area contributed by atoms with Crippen LogP contribution in [0.4, 0.5) is 0 Å². The van der Waals surface area contributed by atoms with Crippen LogP contribution in [-0.2, 0) is 4.79 Å². The molecule has 3 aliphatic rings. The molecule has 0 aliphatic heterocycles. The highest BCUT2D eigenvalue weighted by atomic mass is 16.1. The van der Waals surface area contributed by atoms with Gasteiger partial charge in [-0.3, -0.25) is 4.79 Å². The molecule has 0 N–H and O–H groups in total. The maximum absolute atomic E-state index is 11.4. The maximum atomic E-state index is 11.4. The van der Waals surface area contributed by atoms with E-state index in [1.165, 1.54) is 25.7 Å². The van der Waals surface area contributed by atoms with Crippen molar-refractivity contribution in [3.63, 3.8) is 0 Å². The monoisotopic (exact) mass is 138 g/mol. The highest BCUT2D eigenvalue weighted by Gasteiger charge is 2.53. The summed E-state index contributed by atoms with van der Waals surface area (Å²) in [5, 5.41) is 0. The SMILES string of the molecule is CCC(=O)C12CCC(C1)C2. The van der Waals surface area contributed by atoms with Crippen molar-refractivity contribution in [1.82, 2.24) is 0 Å². The molecule has 0 spiro atoms. The summed E-state index contributed by atoms with van der Waals surface area (Å²) in [5.41, 5.74) is 0.208. The molecule has 1 nitrogen and oxygen atoms in total. The molecule has 0 heterocycles. The standard InChI is InChI=1S/C9H14O/c1-2-8(10)9-4-3-7(5-9)6-9/h7H,2-6H2,1H3. The predicted octanol–water partition coefficient (Wildman–Crippen LogP) is 2.16. The van der Waals surface area contributed by atoms with E-state index in [1.807, 2.05) is 6.92 Å². The van der Waals surface area contributed by atoms with Gasteiger partial charge in [-0.2, -0.15) is 0 Å². The van der Waals surface area contributed by atoms with Crippen LogP contribution in [-0.4, -0.2) is 5.78 Å². The molecule has 0 amide bonds. The Labute approximate surface area is 61.8 Å². The molecule has 3 rings (SSSR count). The van der Waals surface area contributed by atoms with Gasteiger partial charge >= 0.3 is 0 Å². The minimum Gasteiger partial charge on any atom is -0.299 e. The van der Waals surface area contributed by atoms with Gasteiger partial charge in [-0.05, 0) is 31.6 Å². The largest absolute Gasteiger partial charge is 0.299 e. The van der Waals surface area contributed by atoms with Crippen LogP contribution in [0.3, 0.4) is 0 Å². The third-order valence-electron chi connectivity index (χ3n) is 3.30. The zero-order valence-corrected chi connectivity index (χ0v) is 6.52. The molecule has 3 aliphatic carbocycles. The van der Waals surface area contributed by atoms with Crippen LogP contribution in [0.15, 0.2) is 0 Å². The van der Waals surface area contributed by atoms with Gasteiger partial charge in [0.05, 0.1) is 0 Å². The Hall–Kier alpha value is -0.330. The van der Waals surface area contributed by atoms with Crippen LogP contribution >= 0.6 is 0 Å². The van der Waals surface area contributed by atoms with Gasteiger partial charge in [0.15, 0.2) is 0 Å². The minimum absolute atomic E-state index is 0.208. The van der Waals surface area contributed by atoms with E-state index in [1.54, 1.807) is 0 Å². The number of ketones is 1. The summed E-state index contributed by atoms with van der Waals surface area (Å²) in [7, 11) is 0. The van der Waals surface area contributed by atoms with E-state index in [0.29, 0.717) is 5.78 Å². The lowest BCUT2D eigenvalue weighted by Gasteiger charge is -2.36. The van der Waals surface area contributed by atoms with E-state index in [0.717, 1.165) is 12.3 Å². The zero-order valence-electron chi connectivity index (χ0n) is 6.52. The molecule has 0 unspecified atom stereocenters. The Bertz CT molecular complexity index is 160. The highest BCUT2D eigenvalue weighted by molar-refractivity contribution is 5.86. The van der Waals surface area contributed by atoms with Gasteiger partial charge in [-0.1, -0.05) is 6.92 Å². The molecule has 0 radical (unpaired) electrons. The van der Waals surface area contributed by atoms with Gasteiger partial charge in [0, 0.05) is 11.8 Å². The number of fused-ring (bicyclic) bond motifs is 1. The molecule has 0 aromatic rings. The Kier molecular flexibility index (Phi) is 1.17. The molecule has 56 valence electrons. The smallest absolute Gasteiger partial charge is 0.138 e. The average Bonchev–Trinajstić information content (AvgIpc) is 2.41. The van der Waals surface area contributed by atoms with Crippen molar-refractivity contribution in [2.24, 2.45) is 11.3 Å². The van der Waals surface area contributed by atoms with Crippen molar-refractivity contribution < 1.29 is 4.79 Å². The summed E-state index contributed by atoms with van der Waals surface area (Å²) >= 11 is 0. The first kappa shape index (κ1) is 6.38. The summed E-state index contributed by atoms with van der Waals surface area (Å²) < 4.78 is 0. The van der Waals surface area contributed by atoms with Crippen molar-refractivity contribution in [3.05, 3.63) is 0 Å². The van der Waals surface area contributed by atoms with Gasteiger partial charge in [-0.25, -0.2) is 0 Å². The van der Waals surface area contributed by atoms with Crippen molar-refractivity contribution in [1.29, 1.82) is 0 Å².